The maximum Gasteiger partial charge on any atom is 0.278 e. The van der Waals surface area contributed by atoms with Gasteiger partial charge < -0.3 is 14.8 Å². The Hall–Kier alpha value is -1.73. The zero-order chi connectivity index (χ0) is 12.7. The molecule has 0 bridgehead atoms. The molecule has 18 heavy (non-hydrogen) atoms. The van der Waals surface area contributed by atoms with Crippen LogP contribution < -0.4 is 5.56 Å². The number of imidazole rings is 1. The minimum Gasteiger partial charge on any atom is -0.391 e. The van der Waals surface area contributed by atoms with Crippen molar-refractivity contribution in [3.05, 3.63) is 23.0 Å². The molecule has 0 radical (unpaired) electrons. The van der Waals surface area contributed by atoms with Crippen molar-refractivity contribution in [2.75, 3.05) is 0 Å². The summed E-state index contributed by atoms with van der Waals surface area (Å²) < 4.78 is 7.48. The number of aromatic amines is 1. The summed E-state index contributed by atoms with van der Waals surface area (Å²) in [6.45, 7) is 1.71. The van der Waals surface area contributed by atoms with Crippen LogP contribution in [-0.4, -0.2) is 36.8 Å². The highest BCUT2D eigenvalue weighted by Crippen LogP contribution is 2.31. The lowest BCUT2D eigenvalue weighted by molar-refractivity contribution is -0.0515. The van der Waals surface area contributed by atoms with Crippen molar-refractivity contribution in [3.63, 3.8) is 0 Å². The van der Waals surface area contributed by atoms with Crippen LogP contribution in [0.3, 0.4) is 0 Å². The SMILES string of the molecule is CC(O)C1CCC(n2cnc3c(=O)[nH]cnc32)O1. The zero-order valence-corrected chi connectivity index (χ0v) is 9.91. The number of hydrogen-bond acceptors (Lipinski definition) is 5. The van der Waals surface area contributed by atoms with Crippen LogP contribution in [0.25, 0.3) is 11.2 Å². The minimum absolute atomic E-state index is 0.172. The first-order valence-corrected chi connectivity index (χ1v) is 5.90. The lowest BCUT2D eigenvalue weighted by Crippen LogP contribution is -2.22. The summed E-state index contributed by atoms with van der Waals surface area (Å²) in [4.78, 5) is 22.2. The van der Waals surface area contributed by atoms with Gasteiger partial charge in [0.15, 0.2) is 11.2 Å². The van der Waals surface area contributed by atoms with Crippen LogP contribution in [0.1, 0.15) is 26.0 Å². The van der Waals surface area contributed by atoms with Crippen LogP contribution in [-0.2, 0) is 4.74 Å². The zero-order valence-electron chi connectivity index (χ0n) is 9.91. The molecular weight excluding hydrogens is 236 g/mol. The van der Waals surface area contributed by atoms with Crippen LogP contribution in [0.2, 0.25) is 0 Å². The third-order valence-corrected chi connectivity index (χ3v) is 3.24. The predicted molar refractivity (Wildman–Crippen MR) is 63.0 cm³/mol. The molecule has 0 saturated carbocycles. The Balaban J connectivity index is 1.97. The molecule has 0 aliphatic carbocycles. The molecule has 2 aromatic rings. The number of aliphatic hydroxyl groups excluding tert-OH is 1. The number of nitrogens with zero attached hydrogens (tertiary/aromatic N) is 3. The number of ether oxygens (including phenoxy) is 1. The first-order valence-electron chi connectivity index (χ1n) is 5.90. The van der Waals surface area contributed by atoms with Crippen LogP contribution >= 0.6 is 0 Å². The normalized spacial score (nSPS) is 25.7. The second-order valence-corrected chi connectivity index (χ2v) is 4.50. The quantitative estimate of drug-likeness (QED) is 0.793. The van der Waals surface area contributed by atoms with E-state index in [0.29, 0.717) is 11.2 Å². The van der Waals surface area contributed by atoms with Gasteiger partial charge in [-0.25, -0.2) is 9.97 Å². The smallest absolute Gasteiger partial charge is 0.278 e. The summed E-state index contributed by atoms with van der Waals surface area (Å²) in [6, 6.07) is 0. The molecule has 1 aliphatic rings. The average Bonchev–Trinajstić information content (AvgIpc) is 2.94. The molecule has 3 heterocycles. The van der Waals surface area contributed by atoms with Crippen molar-refractivity contribution >= 4 is 11.2 Å². The highest BCUT2D eigenvalue weighted by atomic mass is 16.5. The lowest BCUT2D eigenvalue weighted by atomic mass is 10.1. The number of H-pyrrole nitrogens is 1. The molecule has 2 N–H and O–H groups in total. The predicted octanol–water partition coefficient (Wildman–Crippen LogP) is 0.178. The molecule has 7 nitrogen and oxygen atoms in total. The highest BCUT2D eigenvalue weighted by Gasteiger charge is 2.30. The van der Waals surface area contributed by atoms with E-state index in [1.807, 2.05) is 0 Å². The van der Waals surface area contributed by atoms with Crippen LogP contribution in [0.4, 0.5) is 0 Å². The first kappa shape index (κ1) is 11.4. The molecule has 2 aromatic heterocycles. The number of hydrogen-bond donors (Lipinski definition) is 2. The third kappa shape index (κ3) is 1.72. The first-order chi connectivity index (χ1) is 8.66. The fourth-order valence-corrected chi connectivity index (χ4v) is 2.28. The molecule has 1 aliphatic heterocycles. The molecule has 3 unspecified atom stereocenters. The van der Waals surface area contributed by atoms with Crippen molar-refractivity contribution in [1.82, 2.24) is 19.5 Å². The Morgan fingerprint density at radius 2 is 2.39 bits per heavy atom. The van der Waals surface area contributed by atoms with E-state index in [2.05, 4.69) is 15.0 Å². The number of nitrogens with one attached hydrogen (secondary N) is 1. The van der Waals surface area contributed by atoms with E-state index in [4.69, 9.17) is 4.74 Å². The number of aromatic nitrogens is 4. The Bertz CT molecular complexity index is 618. The van der Waals surface area contributed by atoms with E-state index in [-0.39, 0.29) is 17.9 Å². The van der Waals surface area contributed by atoms with Crippen LogP contribution in [0, 0.1) is 0 Å². The Morgan fingerprint density at radius 1 is 1.56 bits per heavy atom. The summed E-state index contributed by atoms with van der Waals surface area (Å²) in [5, 5.41) is 9.50. The molecule has 3 rings (SSSR count). The van der Waals surface area contributed by atoms with Gasteiger partial charge in [0.25, 0.3) is 5.56 Å². The van der Waals surface area contributed by atoms with E-state index < -0.39 is 6.10 Å². The minimum atomic E-state index is -0.499. The molecule has 1 saturated heterocycles. The number of rotatable bonds is 2. The van der Waals surface area contributed by atoms with E-state index in [1.54, 1.807) is 17.8 Å². The van der Waals surface area contributed by atoms with Crippen molar-refractivity contribution < 1.29 is 9.84 Å². The van der Waals surface area contributed by atoms with Crippen molar-refractivity contribution in [3.8, 4) is 0 Å². The van der Waals surface area contributed by atoms with Gasteiger partial charge in [0, 0.05) is 0 Å². The van der Waals surface area contributed by atoms with Gasteiger partial charge in [0.2, 0.25) is 0 Å². The van der Waals surface area contributed by atoms with Crippen molar-refractivity contribution in [1.29, 1.82) is 0 Å². The van der Waals surface area contributed by atoms with Gasteiger partial charge in [0.1, 0.15) is 6.23 Å². The van der Waals surface area contributed by atoms with Crippen molar-refractivity contribution in [2.45, 2.75) is 38.2 Å². The second kappa shape index (κ2) is 4.18. The van der Waals surface area contributed by atoms with E-state index in [0.717, 1.165) is 12.8 Å². The molecule has 7 heteroatoms. The molecular formula is C11H14N4O3. The maximum absolute atomic E-state index is 11.5. The topological polar surface area (TPSA) is 93.0 Å². The Kier molecular flexibility index (Phi) is 2.64. The molecule has 96 valence electrons. The van der Waals surface area contributed by atoms with Gasteiger partial charge >= 0.3 is 0 Å². The maximum atomic E-state index is 11.5. The monoisotopic (exact) mass is 250 g/mol. The van der Waals surface area contributed by atoms with Gasteiger partial charge in [-0.15, -0.1) is 0 Å². The summed E-state index contributed by atoms with van der Waals surface area (Å²) in [5.74, 6) is 0. The lowest BCUT2D eigenvalue weighted by Gasteiger charge is -2.16. The number of fused-ring (bicyclic) bond motifs is 1. The fourth-order valence-electron chi connectivity index (χ4n) is 2.28. The second-order valence-electron chi connectivity index (χ2n) is 4.50. The number of aliphatic hydroxyl groups is 1. The Labute approximate surface area is 102 Å². The van der Waals surface area contributed by atoms with Gasteiger partial charge in [0.05, 0.1) is 24.9 Å². The van der Waals surface area contributed by atoms with E-state index in [1.165, 1.54) is 6.33 Å². The third-order valence-electron chi connectivity index (χ3n) is 3.24. The van der Waals surface area contributed by atoms with Gasteiger partial charge in [-0.1, -0.05) is 0 Å². The molecule has 3 atom stereocenters. The van der Waals surface area contributed by atoms with Crippen LogP contribution in [0.15, 0.2) is 17.4 Å². The molecule has 0 spiro atoms. The van der Waals surface area contributed by atoms with Crippen molar-refractivity contribution in [2.24, 2.45) is 0 Å². The van der Waals surface area contributed by atoms with Gasteiger partial charge in [-0.2, -0.15) is 0 Å². The van der Waals surface area contributed by atoms with Gasteiger partial charge in [-0.05, 0) is 19.8 Å². The summed E-state index contributed by atoms with van der Waals surface area (Å²) in [5.41, 5.74) is 0.556. The standard InChI is InChI=1S/C11H14N4O3/c1-6(16)7-2-3-8(18-7)15-5-14-9-10(15)12-4-13-11(9)17/h4-8,16H,2-3H2,1H3,(H,12,13,17). The molecule has 0 amide bonds. The molecule has 0 aromatic carbocycles. The fraction of sp³-hybridized carbons (Fsp3) is 0.545. The van der Waals surface area contributed by atoms with E-state index >= 15 is 0 Å². The molecule has 1 fully saturated rings. The van der Waals surface area contributed by atoms with Gasteiger partial charge in [-0.3, -0.25) is 9.36 Å². The Morgan fingerprint density at radius 3 is 3.11 bits per heavy atom. The van der Waals surface area contributed by atoms with Crippen LogP contribution in [0.5, 0.6) is 0 Å². The average molecular weight is 250 g/mol. The summed E-state index contributed by atoms with van der Waals surface area (Å²) >= 11 is 0. The highest BCUT2D eigenvalue weighted by molar-refractivity contribution is 5.68. The largest absolute Gasteiger partial charge is 0.391 e. The summed E-state index contributed by atoms with van der Waals surface area (Å²) in [7, 11) is 0. The van der Waals surface area contributed by atoms with E-state index in [9.17, 15) is 9.90 Å². The summed E-state index contributed by atoms with van der Waals surface area (Å²) in [6.07, 6.45) is 3.58.